The Morgan fingerprint density at radius 1 is 0.470 bits per heavy atom. The van der Waals surface area contributed by atoms with Gasteiger partial charge >= 0.3 is 30.2 Å². The first-order valence-corrected chi connectivity index (χ1v) is 26.5. The molecule has 2 rings (SSSR count). The van der Waals surface area contributed by atoms with Crippen molar-refractivity contribution in [2.75, 3.05) is 52.4 Å². The van der Waals surface area contributed by atoms with Gasteiger partial charge in [0.05, 0.1) is 0 Å². The molecule has 2 aliphatic rings. The predicted molar refractivity (Wildman–Crippen MR) is 293 cm³/mol. The minimum absolute atomic E-state index is 0. The molecule has 10 N–H and O–H groups in total. The average molecular weight is 1190 g/mol. The number of primary amides is 3. The normalized spacial score (nSPS) is 13.6. The molecule has 0 aromatic heterocycles. The van der Waals surface area contributed by atoms with Gasteiger partial charge in [-0.05, 0) is 88.0 Å². The fourth-order valence-corrected chi connectivity index (χ4v) is 6.49. The third-order valence-corrected chi connectivity index (χ3v) is 10.6. The number of carbonyl (C=O) groups is 15. The van der Waals surface area contributed by atoms with Gasteiger partial charge in [0.15, 0.2) is 0 Å². The summed E-state index contributed by atoms with van der Waals surface area (Å²) in [5.74, 6) is -8.77. The van der Waals surface area contributed by atoms with Gasteiger partial charge in [0.2, 0.25) is 35.4 Å². The molecular formula is C52H89N11O20. The summed E-state index contributed by atoms with van der Waals surface area (Å²) < 4.78 is 14.8. The second-order valence-corrected chi connectivity index (χ2v) is 21.8. The highest BCUT2D eigenvalue weighted by Crippen LogP contribution is 2.15. The molecule has 0 bridgehead atoms. The molecule has 472 valence electrons. The number of carbonyl (C=O) groups excluding carboxylic acids is 15. The van der Waals surface area contributed by atoms with E-state index in [2.05, 4.69) is 26.0 Å². The van der Waals surface area contributed by atoms with Crippen LogP contribution >= 0.6 is 0 Å². The molecule has 2 fully saturated rings. The summed E-state index contributed by atoms with van der Waals surface area (Å²) in [6.45, 7) is 16.9. The molecule has 2 atom stereocenters. The monoisotopic (exact) mass is 1190 g/mol. The molecular weight excluding hydrogens is 1100 g/mol. The van der Waals surface area contributed by atoms with Crippen molar-refractivity contribution in [3.8, 4) is 0 Å². The van der Waals surface area contributed by atoms with Crippen LogP contribution in [0.25, 0.3) is 0 Å². The Bertz CT molecular complexity index is 2150. The molecule has 2 heterocycles. The van der Waals surface area contributed by atoms with Crippen LogP contribution in [0.1, 0.15) is 161 Å². The number of nitrogens with zero attached hydrogens (tertiary/aromatic N) is 4. The van der Waals surface area contributed by atoms with Crippen molar-refractivity contribution in [1.29, 1.82) is 0 Å². The van der Waals surface area contributed by atoms with Gasteiger partial charge in [-0.2, -0.15) is 0 Å². The first kappa shape index (κ1) is 76.9. The van der Waals surface area contributed by atoms with Gasteiger partial charge < -0.3 is 72.2 Å². The van der Waals surface area contributed by atoms with Gasteiger partial charge in [0.25, 0.3) is 23.6 Å². The number of rotatable bonds is 28. The third kappa shape index (κ3) is 37.5. The maximum absolute atomic E-state index is 12.8. The number of nitrogens with one attached hydrogen (secondary N) is 4. The molecule has 2 aliphatic heterocycles. The highest BCUT2D eigenvalue weighted by atomic mass is 16.7. The van der Waals surface area contributed by atoms with E-state index in [1.54, 1.807) is 76.2 Å². The number of unbranched alkanes of at least 4 members (excludes halogenated alkanes) is 2. The number of hydrogen-bond donors (Lipinski definition) is 7. The van der Waals surface area contributed by atoms with Crippen LogP contribution in [0.5, 0.6) is 0 Å². The van der Waals surface area contributed by atoms with Crippen molar-refractivity contribution in [2.45, 2.75) is 177 Å². The third-order valence-electron chi connectivity index (χ3n) is 10.6. The average Bonchev–Trinajstić information content (AvgIpc) is 3.85. The Morgan fingerprint density at radius 2 is 0.771 bits per heavy atom. The Balaban J connectivity index is 0. The SMILES string of the molecule is C.CC(C)(C)OC(=O)NCCC(=O)N(CC(=O)ON1C(=O)CCC1=O)CC(=O)ON1C(=O)CCC1=O.CC(C)(C)OC(N)=O.CC(CCCCNC(=O)CN(CC(=O)NCCCCC(C)C(N)=O)C(=O)CCNC(=O)OC(C)(C)C)C(N)=O. The first-order valence-electron chi connectivity index (χ1n) is 26.5. The Morgan fingerprint density at radius 3 is 1.04 bits per heavy atom. The quantitative estimate of drug-likeness (QED) is 0.0326. The lowest BCUT2D eigenvalue weighted by atomic mass is 10.0. The molecule has 0 saturated carbocycles. The molecule has 0 aromatic rings. The predicted octanol–water partition coefficient (Wildman–Crippen LogP) is 1.01. The van der Waals surface area contributed by atoms with Crippen molar-refractivity contribution in [1.82, 2.24) is 41.2 Å². The van der Waals surface area contributed by atoms with E-state index in [0.717, 1.165) is 4.90 Å². The summed E-state index contributed by atoms with van der Waals surface area (Å²) in [6.07, 6.45) is 0.600. The molecule has 2 unspecified atom stereocenters. The summed E-state index contributed by atoms with van der Waals surface area (Å²) >= 11 is 0. The minimum atomic E-state index is -1.21. The summed E-state index contributed by atoms with van der Waals surface area (Å²) in [7, 11) is 0. The molecule has 83 heavy (non-hydrogen) atoms. The number of ether oxygens (including phenoxy) is 3. The van der Waals surface area contributed by atoms with E-state index < -0.39 is 107 Å². The summed E-state index contributed by atoms with van der Waals surface area (Å²) in [4.78, 5) is 188. The van der Waals surface area contributed by atoms with Gasteiger partial charge in [-0.1, -0.05) is 34.1 Å². The number of hydrogen-bond acceptors (Lipinski definition) is 20. The number of imide groups is 2. The second-order valence-electron chi connectivity index (χ2n) is 21.8. The lowest BCUT2D eigenvalue weighted by molar-refractivity contribution is -0.201. The van der Waals surface area contributed by atoms with Crippen molar-refractivity contribution in [3.63, 3.8) is 0 Å². The first-order chi connectivity index (χ1) is 37.8. The Hall–Kier alpha value is -8.15. The fraction of sp³-hybridized carbons (Fsp3) is 0.712. The number of amides is 13. The lowest BCUT2D eigenvalue weighted by Gasteiger charge is -2.23. The maximum Gasteiger partial charge on any atom is 0.407 e. The number of hydroxylamine groups is 4. The van der Waals surface area contributed by atoms with Crippen LogP contribution in [0.15, 0.2) is 0 Å². The second kappa shape index (κ2) is 37.8. The van der Waals surface area contributed by atoms with E-state index in [1.165, 1.54) is 0 Å². The van der Waals surface area contributed by atoms with Crippen molar-refractivity contribution < 1.29 is 95.8 Å². The van der Waals surface area contributed by atoms with Crippen LogP contribution in [0.3, 0.4) is 0 Å². The molecule has 31 nitrogen and oxygen atoms in total. The smallest absolute Gasteiger partial charge is 0.407 e. The van der Waals surface area contributed by atoms with E-state index in [9.17, 15) is 71.9 Å². The van der Waals surface area contributed by atoms with E-state index >= 15 is 0 Å². The maximum atomic E-state index is 12.8. The molecule has 0 aromatic carbocycles. The molecule has 13 amide bonds. The fourth-order valence-electron chi connectivity index (χ4n) is 6.49. The molecule has 0 aliphatic carbocycles. The largest absolute Gasteiger partial charge is 0.444 e. The summed E-state index contributed by atoms with van der Waals surface area (Å²) in [5, 5.41) is 10.8. The molecule has 31 heteroatoms. The molecule has 0 radical (unpaired) electrons. The van der Waals surface area contributed by atoms with Gasteiger partial charge in [0.1, 0.15) is 43.0 Å². The van der Waals surface area contributed by atoms with E-state index in [4.69, 9.17) is 36.3 Å². The van der Waals surface area contributed by atoms with E-state index in [0.29, 0.717) is 56.5 Å². The van der Waals surface area contributed by atoms with Crippen LogP contribution in [0.4, 0.5) is 14.4 Å². The zero-order chi connectivity index (χ0) is 63.1. The van der Waals surface area contributed by atoms with Crippen molar-refractivity contribution in [3.05, 3.63) is 0 Å². The highest BCUT2D eigenvalue weighted by Gasteiger charge is 2.36. The summed E-state index contributed by atoms with van der Waals surface area (Å²) in [5.41, 5.74) is 13.3. The van der Waals surface area contributed by atoms with Crippen LogP contribution in [0, 0.1) is 11.8 Å². The van der Waals surface area contributed by atoms with Crippen LogP contribution < -0.4 is 38.5 Å². The van der Waals surface area contributed by atoms with Gasteiger partial charge in [0, 0.05) is 76.5 Å². The van der Waals surface area contributed by atoms with Crippen molar-refractivity contribution in [2.24, 2.45) is 29.0 Å². The van der Waals surface area contributed by atoms with Crippen LogP contribution in [-0.4, -0.2) is 178 Å². The van der Waals surface area contributed by atoms with E-state index in [-0.39, 0.29) is 106 Å². The van der Waals surface area contributed by atoms with E-state index in [1.807, 2.05) is 0 Å². The molecule has 0 spiro atoms. The zero-order valence-corrected chi connectivity index (χ0v) is 49.0. The molecule has 2 saturated heterocycles. The minimum Gasteiger partial charge on any atom is -0.444 e. The van der Waals surface area contributed by atoms with Crippen LogP contribution in [-0.2, 0) is 81.4 Å². The van der Waals surface area contributed by atoms with Crippen LogP contribution in [0.2, 0.25) is 0 Å². The number of nitrogens with two attached hydrogens (primary N) is 3. The van der Waals surface area contributed by atoms with Gasteiger partial charge in [-0.3, -0.25) is 47.9 Å². The Labute approximate surface area is 484 Å². The standard InChI is InChI=1S/C26H48N6O7.C20H26N4O11.C5H11NO2.CH4/c1-18(23(27)36)10-6-8-13-29-20(33)16-32(22(35)12-15-31-25(38)39-26(3,4)5)17-21(34)30-14-9-7-11-19(2)24(28)37;1-20(2,3)33-19(32)21-9-8-12(25)22(10-17(30)34-23-13(26)4-5-14(23)27)11-18(31)35-24-15(28)6-7-16(24)29;1-5(2,3)8-4(6)7;/h18-19H,6-17H2,1-5H3,(H2,27,36)(H2,28,37)(H,29,33)(H,30,34)(H,31,38);4-11H2,1-3H3,(H,21,32);1-3H3,(H2,6,7);1H4. The van der Waals surface area contributed by atoms with Crippen molar-refractivity contribution >= 4 is 89.3 Å². The summed E-state index contributed by atoms with van der Waals surface area (Å²) in [6, 6.07) is 0. The lowest BCUT2D eigenvalue weighted by Crippen LogP contribution is -2.46. The Kier molecular flexibility index (Phi) is 35.0. The highest BCUT2D eigenvalue weighted by molar-refractivity contribution is 6.02. The zero-order valence-electron chi connectivity index (χ0n) is 49.0. The number of alkyl carbamates (subject to hydrolysis) is 2. The van der Waals surface area contributed by atoms with Gasteiger partial charge in [-0.25, -0.2) is 24.0 Å². The van der Waals surface area contributed by atoms with Gasteiger partial charge in [-0.15, -0.1) is 10.1 Å². The topological polar surface area (TPSA) is 441 Å².